The molecule has 1 aliphatic carbocycles. The summed E-state index contributed by atoms with van der Waals surface area (Å²) in [5.74, 6) is -0.0393. The van der Waals surface area contributed by atoms with Crippen LogP contribution in [0, 0.1) is 0 Å². The number of ether oxygens (including phenoxy) is 1. The van der Waals surface area contributed by atoms with E-state index in [1.54, 1.807) is 6.07 Å². The third kappa shape index (κ3) is 4.20. The van der Waals surface area contributed by atoms with Gasteiger partial charge in [0.2, 0.25) is 0 Å². The molecule has 0 aromatic heterocycles. The van der Waals surface area contributed by atoms with Crippen molar-refractivity contribution in [2.45, 2.75) is 45.4 Å². The molecule has 0 radical (unpaired) electrons. The first-order valence-electron chi connectivity index (χ1n) is 8.85. The van der Waals surface area contributed by atoms with E-state index < -0.39 is 0 Å². The van der Waals surface area contributed by atoms with Gasteiger partial charge in [-0.25, -0.2) is 4.98 Å². The summed E-state index contributed by atoms with van der Waals surface area (Å²) in [4.78, 5) is 28.4. The van der Waals surface area contributed by atoms with Gasteiger partial charge in [-0.3, -0.25) is 9.59 Å². The van der Waals surface area contributed by atoms with Crippen LogP contribution in [0.2, 0.25) is 0 Å². The zero-order chi connectivity index (χ0) is 18.5. The lowest BCUT2D eigenvalue weighted by Gasteiger charge is -2.11. The number of esters is 1. The first kappa shape index (κ1) is 17.9. The molecular weight excluding hydrogens is 334 g/mol. The van der Waals surface area contributed by atoms with Crippen molar-refractivity contribution in [1.29, 1.82) is 0 Å². The van der Waals surface area contributed by atoms with E-state index in [0.717, 1.165) is 32.1 Å². The molecule has 0 saturated heterocycles. The van der Waals surface area contributed by atoms with Crippen molar-refractivity contribution >= 4 is 17.1 Å². The summed E-state index contributed by atoms with van der Waals surface area (Å²) in [6.45, 7) is 2.14. The minimum absolute atomic E-state index is 0.0374. The van der Waals surface area contributed by atoms with E-state index in [4.69, 9.17) is 9.15 Å². The summed E-state index contributed by atoms with van der Waals surface area (Å²) < 4.78 is 11.0. The molecule has 1 heterocycles. The van der Waals surface area contributed by atoms with Crippen LogP contribution in [0.3, 0.4) is 0 Å². The third-order valence-electron chi connectivity index (χ3n) is 4.12. The van der Waals surface area contributed by atoms with E-state index in [1.807, 2.05) is 0 Å². The number of rotatable bonds is 7. The Morgan fingerprint density at radius 1 is 1.15 bits per heavy atom. The molecule has 1 aromatic rings. The van der Waals surface area contributed by atoms with E-state index in [2.05, 4.69) is 11.9 Å². The van der Waals surface area contributed by atoms with E-state index in [-0.39, 0.29) is 28.7 Å². The van der Waals surface area contributed by atoms with E-state index >= 15 is 0 Å². The lowest BCUT2D eigenvalue weighted by Crippen LogP contribution is -2.12. The van der Waals surface area contributed by atoms with Crippen LogP contribution in [0.5, 0.6) is 11.5 Å². The Balaban J connectivity index is 1.83. The number of hydrogen-bond donors (Lipinski definition) is 1. The van der Waals surface area contributed by atoms with Crippen molar-refractivity contribution in [3.8, 4) is 23.0 Å². The Labute approximate surface area is 150 Å². The molecule has 0 amide bonds. The van der Waals surface area contributed by atoms with Gasteiger partial charge in [0.15, 0.2) is 22.5 Å². The molecule has 0 saturated carbocycles. The molecule has 0 fully saturated rings. The van der Waals surface area contributed by atoms with Crippen LogP contribution in [0.1, 0.15) is 45.4 Å². The van der Waals surface area contributed by atoms with Gasteiger partial charge in [-0.1, -0.05) is 32.6 Å². The van der Waals surface area contributed by atoms with Gasteiger partial charge in [-0.2, -0.15) is 0 Å². The number of phenols is 1. The first-order valence-corrected chi connectivity index (χ1v) is 8.85. The second-order valence-corrected chi connectivity index (χ2v) is 6.27. The quantitative estimate of drug-likeness (QED) is 0.295. The number of carbonyl (C=O) groups is 1. The topological polar surface area (TPSA) is 89.6 Å². The molecule has 0 spiro atoms. The van der Waals surface area contributed by atoms with Gasteiger partial charge in [-0.05, 0) is 18.6 Å². The lowest BCUT2D eigenvalue weighted by atomic mass is 10.1. The maximum atomic E-state index is 12.1. The van der Waals surface area contributed by atoms with E-state index in [9.17, 15) is 14.7 Å². The van der Waals surface area contributed by atoms with Crippen molar-refractivity contribution in [3.63, 3.8) is 0 Å². The highest BCUT2D eigenvalue weighted by Gasteiger charge is 2.19. The standard InChI is InChI=1S/C20H21NO5/c1-2-3-4-5-6-7-19(24)26-18-12-14(23)11-17-20(18)21-15-9-8-13(22)10-16(15)25-17/h8-12,22H,2-7H2,1H3. The number of aromatic nitrogens is 1. The molecular formula is C20H21NO5. The van der Waals surface area contributed by atoms with Gasteiger partial charge in [-0.15, -0.1) is 0 Å². The number of nitrogens with zero attached hydrogens (tertiary/aromatic N) is 1. The third-order valence-corrected chi connectivity index (χ3v) is 4.12. The smallest absolute Gasteiger partial charge is 0.311 e. The van der Waals surface area contributed by atoms with Gasteiger partial charge >= 0.3 is 5.97 Å². The van der Waals surface area contributed by atoms with Crippen LogP contribution < -0.4 is 10.2 Å². The maximum Gasteiger partial charge on any atom is 0.311 e. The number of aromatic hydroxyl groups is 1. The van der Waals surface area contributed by atoms with Gasteiger partial charge in [0.25, 0.3) is 0 Å². The van der Waals surface area contributed by atoms with Crippen molar-refractivity contribution < 1.29 is 19.1 Å². The normalized spacial score (nSPS) is 11.1. The average Bonchev–Trinajstić information content (AvgIpc) is 2.60. The zero-order valence-corrected chi connectivity index (χ0v) is 14.7. The minimum Gasteiger partial charge on any atom is -0.508 e. The molecule has 1 N–H and O–H groups in total. The Hall–Kier alpha value is -2.89. The van der Waals surface area contributed by atoms with E-state index in [1.165, 1.54) is 24.3 Å². The van der Waals surface area contributed by atoms with Crippen molar-refractivity contribution in [1.82, 2.24) is 4.98 Å². The second kappa shape index (κ2) is 7.99. The highest BCUT2D eigenvalue weighted by Crippen LogP contribution is 2.32. The summed E-state index contributed by atoms with van der Waals surface area (Å²) in [7, 11) is 0. The van der Waals surface area contributed by atoms with Crippen molar-refractivity contribution in [2.24, 2.45) is 0 Å². The average molecular weight is 355 g/mol. The predicted octanol–water partition coefficient (Wildman–Crippen LogP) is 4.26. The summed E-state index contributed by atoms with van der Waals surface area (Å²) in [5, 5.41) is 9.55. The van der Waals surface area contributed by atoms with E-state index in [0.29, 0.717) is 23.2 Å². The van der Waals surface area contributed by atoms with Crippen molar-refractivity contribution in [3.05, 3.63) is 40.6 Å². The number of carbonyl (C=O) groups excluding carboxylic acids is 1. The molecule has 136 valence electrons. The number of fused-ring (bicyclic) bond motifs is 2. The van der Waals surface area contributed by atoms with Crippen LogP contribution in [0.15, 0.2) is 39.5 Å². The highest BCUT2D eigenvalue weighted by molar-refractivity contribution is 5.81. The monoisotopic (exact) mass is 355 g/mol. The molecule has 0 bridgehead atoms. The first-order chi connectivity index (χ1) is 12.6. The summed E-state index contributed by atoms with van der Waals surface area (Å²) in [6.07, 6.45) is 5.44. The summed E-state index contributed by atoms with van der Waals surface area (Å²) >= 11 is 0. The Kier molecular flexibility index (Phi) is 5.51. The van der Waals surface area contributed by atoms with Gasteiger partial charge < -0.3 is 14.3 Å². The Morgan fingerprint density at radius 2 is 1.96 bits per heavy atom. The fraction of sp³-hybridized carbons (Fsp3) is 0.350. The largest absolute Gasteiger partial charge is 0.508 e. The molecule has 0 atom stereocenters. The second-order valence-electron chi connectivity index (χ2n) is 6.27. The maximum absolute atomic E-state index is 12.1. The number of benzene rings is 2. The number of unbranched alkanes of at least 4 members (excludes halogenated alkanes) is 4. The van der Waals surface area contributed by atoms with Crippen LogP contribution in [-0.2, 0) is 4.79 Å². The summed E-state index contributed by atoms with van der Waals surface area (Å²) in [5.41, 5.74) is 0.803. The zero-order valence-electron chi connectivity index (χ0n) is 14.7. The Morgan fingerprint density at radius 3 is 2.77 bits per heavy atom. The summed E-state index contributed by atoms with van der Waals surface area (Å²) in [6, 6.07) is 7.03. The molecule has 2 aliphatic rings. The molecule has 1 aromatic carbocycles. The predicted molar refractivity (Wildman–Crippen MR) is 97.6 cm³/mol. The fourth-order valence-electron chi connectivity index (χ4n) is 2.79. The Bertz CT molecular complexity index is 947. The van der Waals surface area contributed by atoms with Gasteiger partial charge in [0.05, 0.1) is 0 Å². The molecule has 0 unspecified atom stereocenters. The van der Waals surface area contributed by atoms with Crippen molar-refractivity contribution in [2.75, 3.05) is 0 Å². The number of hydrogen-bond acceptors (Lipinski definition) is 6. The molecule has 6 heteroatoms. The van der Waals surface area contributed by atoms with Crippen LogP contribution in [-0.4, -0.2) is 16.1 Å². The molecule has 3 rings (SSSR count). The van der Waals surface area contributed by atoms with Gasteiger partial charge in [0.1, 0.15) is 17.0 Å². The molecule has 26 heavy (non-hydrogen) atoms. The van der Waals surface area contributed by atoms with Gasteiger partial charge in [0, 0.05) is 24.6 Å². The van der Waals surface area contributed by atoms with Crippen LogP contribution >= 0.6 is 0 Å². The SMILES string of the molecule is CCCCCCCC(=O)Oc1cc(=O)cc2oc3cc(O)ccc3nc1-2. The van der Waals surface area contributed by atoms with Crippen LogP contribution in [0.25, 0.3) is 22.6 Å². The molecule has 1 aliphatic heterocycles. The minimum atomic E-state index is -0.388. The van der Waals surface area contributed by atoms with Crippen LogP contribution in [0.4, 0.5) is 0 Å². The molecule has 6 nitrogen and oxygen atoms in total. The lowest BCUT2D eigenvalue weighted by molar-refractivity contribution is -0.134. The highest BCUT2D eigenvalue weighted by atomic mass is 16.5. The fourth-order valence-corrected chi connectivity index (χ4v) is 2.79. The number of phenolic OH excluding ortho intramolecular Hbond substituents is 1.